The fourth-order valence-electron chi connectivity index (χ4n) is 3.40. The van der Waals surface area contributed by atoms with E-state index in [1.165, 1.54) is 0 Å². The van der Waals surface area contributed by atoms with E-state index in [0.717, 1.165) is 35.9 Å². The maximum Gasteiger partial charge on any atom is 0.272 e. The predicted molar refractivity (Wildman–Crippen MR) is 108 cm³/mol. The zero-order valence-corrected chi connectivity index (χ0v) is 16.5. The number of carbonyl (C=O) groups excluding carboxylic acids is 2. The van der Waals surface area contributed by atoms with E-state index in [4.69, 9.17) is 0 Å². The monoisotopic (exact) mass is 368 g/mol. The Balaban J connectivity index is 1.73. The van der Waals surface area contributed by atoms with Crippen molar-refractivity contribution in [1.82, 2.24) is 15.2 Å². The van der Waals surface area contributed by atoms with E-state index in [2.05, 4.69) is 10.3 Å². The molecule has 0 radical (unpaired) electrons. The number of anilines is 1. The largest absolute Gasteiger partial charge is 0.377 e. The molecule has 1 atom stereocenters. The first-order chi connectivity index (χ1) is 12.9. The number of amides is 2. The zero-order valence-electron chi connectivity index (χ0n) is 16.5. The highest BCUT2D eigenvalue weighted by Gasteiger charge is 2.26. The number of hydrogen-bond donors (Lipinski definition) is 1. The number of carbonyl (C=O) groups is 2. The van der Waals surface area contributed by atoms with Gasteiger partial charge < -0.3 is 15.1 Å². The topological polar surface area (TPSA) is 65.5 Å². The molecule has 0 saturated heterocycles. The van der Waals surface area contributed by atoms with Crippen molar-refractivity contribution in [2.24, 2.45) is 5.92 Å². The molecule has 1 fully saturated rings. The van der Waals surface area contributed by atoms with Gasteiger partial charge in [0.25, 0.3) is 5.91 Å². The molecule has 144 valence electrons. The van der Waals surface area contributed by atoms with Gasteiger partial charge in [-0.3, -0.25) is 9.59 Å². The number of nitrogens with one attached hydrogen (secondary N) is 1. The van der Waals surface area contributed by atoms with Crippen molar-refractivity contribution in [2.75, 3.05) is 32.6 Å². The molecule has 1 aliphatic rings. The molecule has 3 rings (SSSR count). The molecular formula is C21H28N4O2. The van der Waals surface area contributed by atoms with Gasteiger partial charge in [-0.25, -0.2) is 4.98 Å². The van der Waals surface area contributed by atoms with Crippen LogP contribution in [0.25, 0.3) is 10.9 Å². The fraction of sp³-hybridized carbons (Fsp3) is 0.476. The van der Waals surface area contributed by atoms with Crippen LogP contribution >= 0.6 is 0 Å². The highest BCUT2D eigenvalue weighted by atomic mass is 16.2. The second-order valence-corrected chi connectivity index (χ2v) is 7.66. The van der Waals surface area contributed by atoms with Gasteiger partial charge in [0.1, 0.15) is 5.69 Å². The van der Waals surface area contributed by atoms with Gasteiger partial charge >= 0.3 is 0 Å². The minimum Gasteiger partial charge on any atom is -0.377 e. The van der Waals surface area contributed by atoms with Crippen LogP contribution in [-0.2, 0) is 4.79 Å². The molecule has 0 aliphatic heterocycles. The van der Waals surface area contributed by atoms with Crippen LogP contribution in [0.5, 0.6) is 0 Å². The van der Waals surface area contributed by atoms with Crippen molar-refractivity contribution in [1.29, 1.82) is 0 Å². The molecule has 2 aromatic rings. The van der Waals surface area contributed by atoms with Gasteiger partial charge in [0.05, 0.1) is 5.52 Å². The SMILES string of the molecule is C[C@@H](CN(C)C(=O)c1cc(N(C)C)c2ccccc2n1)NC(=O)C1CCC1. The number of rotatable bonds is 6. The normalized spacial score (nSPS) is 15.1. The second-order valence-electron chi connectivity index (χ2n) is 7.66. The first kappa shape index (κ1) is 19.1. The lowest BCUT2D eigenvalue weighted by Gasteiger charge is -2.28. The van der Waals surface area contributed by atoms with E-state index in [1.807, 2.05) is 56.3 Å². The number of benzene rings is 1. The standard InChI is InChI=1S/C21H28N4O2/c1-14(22-20(26)15-8-7-9-15)13-25(4)21(27)18-12-19(24(2)3)16-10-5-6-11-17(16)23-18/h5-6,10-12,14-15H,7-9,13H2,1-4H3,(H,22,26)/t14-/m0/s1. The van der Waals surface area contributed by atoms with Crippen LogP contribution in [-0.4, -0.2) is 55.4 Å². The second kappa shape index (κ2) is 7.94. The summed E-state index contributed by atoms with van der Waals surface area (Å²) in [5.41, 5.74) is 2.17. The molecule has 1 aliphatic carbocycles. The Bertz CT molecular complexity index is 845. The average Bonchev–Trinajstić information content (AvgIpc) is 2.58. The number of para-hydroxylation sites is 1. The molecule has 1 saturated carbocycles. The van der Waals surface area contributed by atoms with Gasteiger partial charge in [-0.05, 0) is 31.9 Å². The number of nitrogens with zero attached hydrogens (tertiary/aromatic N) is 3. The molecule has 1 aromatic carbocycles. The van der Waals surface area contributed by atoms with Crippen molar-refractivity contribution in [3.05, 3.63) is 36.0 Å². The Kier molecular flexibility index (Phi) is 5.63. The van der Waals surface area contributed by atoms with E-state index in [9.17, 15) is 9.59 Å². The molecule has 6 nitrogen and oxygen atoms in total. The van der Waals surface area contributed by atoms with E-state index in [-0.39, 0.29) is 23.8 Å². The summed E-state index contributed by atoms with van der Waals surface area (Å²) in [6, 6.07) is 9.55. The number of likely N-dealkylation sites (N-methyl/N-ethyl adjacent to an activating group) is 1. The number of hydrogen-bond acceptors (Lipinski definition) is 4. The zero-order chi connectivity index (χ0) is 19.6. The molecule has 6 heteroatoms. The summed E-state index contributed by atoms with van der Waals surface area (Å²) in [5, 5.41) is 4.03. The summed E-state index contributed by atoms with van der Waals surface area (Å²) in [7, 11) is 5.66. The van der Waals surface area contributed by atoms with E-state index < -0.39 is 0 Å². The van der Waals surface area contributed by atoms with Crippen LogP contribution in [0.15, 0.2) is 30.3 Å². The van der Waals surface area contributed by atoms with Crippen molar-refractivity contribution in [3.63, 3.8) is 0 Å². The Hall–Kier alpha value is -2.63. The third-order valence-electron chi connectivity index (χ3n) is 5.15. The average molecular weight is 368 g/mol. The summed E-state index contributed by atoms with van der Waals surface area (Å²) in [4.78, 5) is 33.2. The Morgan fingerprint density at radius 3 is 2.56 bits per heavy atom. The Morgan fingerprint density at radius 2 is 1.93 bits per heavy atom. The van der Waals surface area contributed by atoms with Crippen molar-refractivity contribution < 1.29 is 9.59 Å². The van der Waals surface area contributed by atoms with Crippen molar-refractivity contribution >= 4 is 28.4 Å². The van der Waals surface area contributed by atoms with Crippen LogP contribution in [0.3, 0.4) is 0 Å². The van der Waals surface area contributed by atoms with E-state index in [0.29, 0.717) is 12.2 Å². The van der Waals surface area contributed by atoms with Gasteiger partial charge in [0.2, 0.25) is 5.91 Å². The minimum atomic E-state index is -0.145. The Morgan fingerprint density at radius 1 is 1.22 bits per heavy atom. The summed E-state index contributed by atoms with van der Waals surface area (Å²) < 4.78 is 0. The molecular weight excluding hydrogens is 340 g/mol. The molecule has 0 unspecified atom stereocenters. The lowest BCUT2D eigenvalue weighted by Crippen LogP contribution is -2.45. The smallest absolute Gasteiger partial charge is 0.272 e. The van der Waals surface area contributed by atoms with Crippen LogP contribution in [0.4, 0.5) is 5.69 Å². The number of aromatic nitrogens is 1. The highest BCUT2D eigenvalue weighted by Crippen LogP contribution is 2.27. The molecule has 1 heterocycles. The van der Waals surface area contributed by atoms with E-state index in [1.54, 1.807) is 11.9 Å². The van der Waals surface area contributed by atoms with Crippen LogP contribution in [0.1, 0.15) is 36.7 Å². The maximum atomic E-state index is 12.9. The molecule has 0 bridgehead atoms. The van der Waals surface area contributed by atoms with Crippen LogP contribution < -0.4 is 10.2 Å². The fourth-order valence-corrected chi connectivity index (χ4v) is 3.40. The molecule has 2 amide bonds. The quantitative estimate of drug-likeness (QED) is 0.851. The number of fused-ring (bicyclic) bond motifs is 1. The number of pyridine rings is 1. The molecule has 0 spiro atoms. The highest BCUT2D eigenvalue weighted by molar-refractivity contribution is 5.99. The van der Waals surface area contributed by atoms with Gasteiger partial charge in [-0.2, -0.15) is 0 Å². The first-order valence-electron chi connectivity index (χ1n) is 9.49. The van der Waals surface area contributed by atoms with Crippen molar-refractivity contribution in [3.8, 4) is 0 Å². The lowest BCUT2D eigenvalue weighted by molar-refractivity contribution is -0.128. The third kappa shape index (κ3) is 4.21. The predicted octanol–water partition coefficient (Wildman–Crippen LogP) is 2.68. The summed E-state index contributed by atoms with van der Waals surface area (Å²) in [6.07, 6.45) is 3.08. The lowest BCUT2D eigenvalue weighted by atomic mass is 9.84. The van der Waals surface area contributed by atoms with Crippen molar-refractivity contribution in [2.45, 2.75) is 32.2 Å². The van der Waals surface area contributed by atoms with Gasteiger partial charge in [-0.1, -0.05) is 24.6 Å². The molecule has 1 N–H and O–H groups in total. The molecule has 1 aromatic heterocycles. The van der Waals surface area contributed by atoms with Gasteiger partial charge in [0, 0.05) is 50.7 Å². The first-order valence-corrected chi connectivity index (χ1v) is 9.49. The Labute approximate surface area is 160 Å². The van der Waals surface area contributed by atoms with Gasteiger partial charge in [-0.15, -0.1) is 0 Å². The summed E-state index contributed by atoms with van der Waals surface area (Å²) >= 11 is 0. The summed E-state index contributed by atoms with van der Waals surface area (Å²) in [5.74, 6) is 0.111. The van der Waals surface area contributed by atoms with E-state index >= 15 is 0 Å². The third-order valence-corrected chi connectivity index (χ3v) is 5.15. The minimum absolute atomic E-state index is 0.0965. The molecule has 27 heavy (non-hydrogen) atoms. The van der Waals surface area contributed by atoms with Crippen LogP contribution in [0.2, 0.25) is 0 Å². The summed E-state index contributed by atoms with van der Waals surface area (Å²) in [6.45, 7) is 2.38. The maximum absolute atomic E-state index is 12.9. The van der Waals surface area contributed by atoms with Gasteiger partial charge in [0.15, 0.2) is 0 Å². The van der Waals surface area contributed by atoms with Crippen LogP contribution in [0, 0.1) is 5.92 Å².